The van der Waals surface area contributed by atoms with Gasteiger partial charge < -0.3 is 11.5 Å². The van der Waals surface area contributed by atoms with E-state index in [1.807, 2.05) is 42.5 Å². The monoisotopic (exact) mass is 680 g/mol. The zero-order chi connectivity index (χ0) is 34.1. The van der Waals surface area contributed by atoms with E-state index in [-0.39, 0.29) is 17.1 Å². The maximum atomic E-state index is 12.8. The largest absolute Gasteiger partial charge is 0.397 e. The van der Waals surface area contributed by atoms with Crippen molar-refractivity contribution >= 4 is 76.3 Å². The number of hydrogen-bond acceptors (Lipinski definition) is 10. The van der Waals surface area contributed by atoms with E-state index in [1.54, 1.807) is 54.6 Å². The fraction of sp³-hybridized carbons (Fsp3) is 0.0588. The first-order valence-corrected chi connectivity index (χ1v) is 17.3. The Balaban J connectivity index is 1.31. The van der Waals surface area contributed by atoms with E-state index < -0.39 is 36.3 Å². The molecule has 6 rings (SSSR count). The molecule has 242 valence electrons. The second-order valence-electron chi connectivity index (χ2n) is 10.9. The minimum Gasteiger partial charge on any atom is -0.397 e. The molecule has 0 unspecified atom stereocenters. The van der Waals surface area contributed by atoms with Crippen LogP contribution < -0.4 is 11.5 Å². The number of nitrogen functional groups attached to an aromatic ring is 2. The number of anilines is 2. The minimum atomic E-state index is -5.48. The van der Waals surface area contributed by atoms with Crippen molar-refractivity contribution in [2.45, 2.75) is 10.5 Å². The molecule has 12 nitrogen and oxygen atoms in total. The van der Waals surface area contributed by atoms with Gasteiger partial charge >= 0.3 is 0 Å². The SMILES string of the molecule is Nc1ccc2ccccc2c1N=NC1=CC=C(C=Cc2ccc(N=Nc3c(N)ccc4ccccc34)cc2)C(S(=O)(=O)O)(S(=O)(=O)O)C1. The number of nitrogens with zero attached hydrogens (tertiary/aromatic N) is 4. The predicted molar refractivity (Wildman–Crippen MR) is 187 cm³/mol. The van der Waals surface area contributed by atoms with E-state index in [0.29, 0.717) is 28.0 Å². The van der Waals surface area contributed by atoms with Crippen LogP contribution in [0.25, 0.3) is 27.6 Å². The van der Waals surface area contributed by atoms with Gasteiger partial charge in [0.15, 0.2) is 0 Å². The normalized spacial score (nSPS) is 15.5. The number of fused-ring (bicyclic) bond motifs is 2. The molecule has 48 heavy (non-hydrogen) atoms. The number of azo groups is 2. The Kier molecular flexibility index (Phi) is 8.49. The standard InChI is InChI=1S/C34H28N6O6S2/c35-30-19-12-23-5-1-3-7-28(23)32(30)39-37-26-16-10-22(11-17-26)9-14-25-15-18-27(21-34(25,47(41,42)43)48(44,45)46)38-40-33-29-8-4-2-6-24(29)13-20-31(33)36/h1-20H,21,35-36H2,(H,41,42,43)(H,44,45,46). The number of hydrogen-bond donors (Lipinski definition) is 4. The summed E-state index contributed by atoms with van der Waals surface area (Å²) in [6, 6.07) is 28.5. The summed E-state index contributed by atoms with van der Waals surface area (Å²) < 4.78 is 68.4. The molecule has 0 bridgehead atoms. The molecule has 1 aliphatic carbocycles. The van der Waals surface area contributed by atoms with Gasteiger partial charge in [-0.25, -0.2) is 0 Å². The van der Waals surface area contributed by atoms with Crippen LogP contribution in [0.3, 0.4) is 0 Å². The molecular formula is C34H28N6O6S2. The molecule has 0 radical (unpaired) electrons. The first-order valence-electron chi connectivity index (χ1n) is 14.4. The van der Waals surface area contributed by atoms with E-state index in [1.165, 1.54) is 18.2 Å². The lowest BCUT2D eigenvalue weighted by Gasteiger charge is -2.30. The van der Waals surface area contributed by atoms with Gasteiger partial charge in [-0.3, -0.25) is 9.11 Å². The van der Waals surface area contributed by atoms with Crippen molar-refractivity contribution in [2.24, 2.45) is 20.5 Å². The van der Waals surface area contributed by atoms with Crippen molar-refractivity contribution in [1.82, 2.24) is 0 Å². The van der Waals surface area contributed by atoms with E-state index in [9.17, 15) is 25.9 Å². The van der Waals surface area contributed by atoms with Gasteiger partial charge in [0.1, 0.15) is 11.4 Å². The topological polar surface area (TPSA) is 210 Å². The van der Waals surface area contributed by atoms with Gasteiger partial charge in [-0.1, -0.05) is 91.0 Å². The molecule has 0 spiro atoms. The van der Waals surface area contributed by atoms with Gasteiger partial charge in [0.25, 0.3) is 24.3 Å². The Morgan fingerprint density at radius 1 is 0.604 bits per heavy atom. The predicted octanol–water partition coefficient (Wildman–Crippen LogP) is 8.06. The van der Waals surface area contributed by atoms with Crippen LogP contribution in [-0.2, 0) is 20.2 Å². The summed E-state index contributed by atoms with van der Waals surface area (Å²) in [5.74, 6) is 0. The molecule has 5 aromatic carbocycles. The van der Waals surface area contributed by atoms with Crippen molar-refractivity contribution in [1.29, 1.82) is 0 Å². The highest BCUT2D eigenvalue weighted by molar-refractivity contribution is 8.05. The number of nitrogens with two attached hydrogens (primary N) is 2. The summed E-state index contributed by atoms with van der Waals surface area (Å²) in [5.41, 5.74) is 14.3. The van der Waals surface area contributed by atoms with E-state index in [2.05, 4.69) is 20.5 Å². The van der Waals surface area contributed by atoms with Crippen LogP contribution in [0.5, 0.6) is 0 Å². The fourth-order valence-corrected chi connectivity index (χ4v) is 8.00. The molecule has 6 N–H and O–H groups in total. The maximum absolute atomic E-state index is 12.8. The van der Waals surface area contributed by atoms with E-state index in [0.717, 1.165) is 22.2 Å². The van der Waals surface area contributed by atoms with E-state index in [4.69, 9.17) is 11.5 Å². The van der Waals surface area contributed by atoms with Crippen molar-refractivity contribution in [3.05, 3.63) is 132 Å². The highest BCUT2D eigenvalue weighted by Crippen LogP contribution is 2.43. The zero-order valence-electron chi connectivity index (χ0n) is 25.0. The zero-order valence-corrected chi connectivity index (χ0v) is 26.7. The van der Waals surface area contributed by atoms with Gasteiger partial charge in [0, 0.05) is 17.2 Å². The molecule has 1 aliphatic rings. The molecule has 14 heteroatoms. The molecule has 0 saturated heterocycles. The third-order valence-corrected chi connectivity index (χ3v) is 11.6. The average molecular weight is 681 g/mol. The molecular weight excluding hydrogens is 653 g/mol. The van der Waals surface area contributed by atoms with Gasteiger partial charge in [0.2, 0.25) is 0 Å². The first-order chi connectivity index (χ1) is 22.9. The summed E-state index contributed by atoms with van der Waals surface area (Å²) in [6.07, 6.45) is 4.17. The molecule has 0 heterocycles. The molecule has 0 aliphatic heterocycles. The Hall–Kier alpha value is -5.54. The lowest BCUT2D eigenvalue weighted by Crippen LogP contribution is -2.48. The summed E-state index contributed by atoms with van der Waals surface area (Å²) in [6.45, 7) is 0. The Bertz CT molecular complexity index is 2420. The smallest absolute Gasteiger partial charge is 0.292 e. The summed E-state index contributed by atoms with van der Waals surface area (Å²) >= 11 is 0. The average Bonchev–Trinajstić information content (AvgIpc) is 3.06. The van der Waals surface area contributed by atoms with Crippen molar-refractivity contribution in [2.75, 3.05) is 11.5 Å². The first kappa shape index (κ1) is 32.4. The Labute approximate surface area is 276 Å². The Morgan fingerprint density at radius 2 is 1.12 bits per heavy atom. The minimum absolute atomic E-state index is 0.142. The Morgan fingerprint density at radius 3 is 1.67 bits per heavy atom. The summed E-state index contributed by atoms with van der Waals surface area (Å²) in [4.78, 5) is 0. The molecule has 5 aromatic rings. The molecule has 0 amide bonds. The van der Waals surface area contributed by atoms with Crippen LogP contribution in [0.1, 0.15) is 12.0 Å². The molecule has 0 fully saturated rings. The highest BCUT2D eigenvalue weighted by Gasteiger charge is 2.58. The third-order valence-electron chi connectivity index (χ3n) is 7.90. The molecule has 0 saturated carbocycles. The maximum Gasteiger partial charge on any atom is 0.292 e. The van der Waals surface area contributed by atoms with Crippen molar-refractivity contribution in [3.8, 4) is 0 Å². The van der Waals surface area contributed by atoms with E-state index >= 15 is 0 Å². The van der Waals surface area contributed by atoms with Crippen LogP contribution >= 0.6 is 0 Å². The number of benzene rings is 5. The quantitative estimate of drug-likeness (QED) is 0.0713. The molecule has 0 aromatic heterocycles. The van der Waals surface area contributed by atoms with Crippen LogP contribution in [0.15, 0.2) is 147 Å². The highest BCUT2D eigenvalue weighted by atomic mass is 32.3. The lowest BCUT2D eigenvalue weighted by molar-refractivity contribution is 0.432. The lowest BCUT2D eigenvalue weighted by atomic mass is 10.00. The van der Waals surface area contributed by atoms with Gasteiger partial charge in [0.05, 0.1) is 22.8 Å². The fourth-order valence-electron chi connectivity index (χ4n) is 5.40. The summed E-state index contributed by atoms with van der Waals surface area (Å²) in [7, 11) is -11.0. The third kappa shape index (κ3) is 6.12. The van der Waals surface area contributed by atoms with Gasteiger partial charge in [-0.2, -0.15) is 27.1 Å². The second-order valence-corrected chi connectivity index (χ2v) is 14.5. The second kappa shape index (κ2) is 12.6. The van der Waals surface area contributed by atoms with Crippen LogP contribution in [0.4, 0.5) is 28.4 Å². The number of allylic oxidation sites excluding steroid dienone is 4. The van der Waals surface area contributed by atoms with Crippen LogP contribution in [0, 0.1) is 0 Å². The van der Waals surface area contributed by atoms with Crippen LogP contribution in [-0.4, -0.2) is 30.0 Å². The van der Waals surface area contributed by atoms with Crippen LogP contribution in [0.2, 0.25) is 0 Å². The molecule has 0 atom stereocenters. The van der Waals surface area contributed by atoms with Crippen molar-refractivity contribution < 1.29 is 25.9 Å². The van der Waals surface area contributed by atoms with Crippen molar-refractivity contribution in [3.63, 3.8) is 0 Å². The number of rotatable bonds is 8. The summed E-state index contributed by atoms with van der Waals surface area (Å²) in [5, 5.41) is 20.2. The van der Waals surface area contributed by atoms with Gasteiger partial charge in [-0.05, 0) is 52.3 Å². The van der Waals surface area contributed by atoms with Gasteiger partial charge in [-0.15, -0.1) is 10.2 Å².